The first-order valence-corrected chi connectivity index (χ1v) is 9.69. The van der Waals surface area contributed by atoms with Crippen molar-refractivity contribution >= 4 is 11.8 Å². The molecule has 0 spiro atoms. The molecule has 0 amide bonds. The molecule has 0 unspecified atom stereocenters. The van der Waals surface area contributed by atoms with Crippen molar-refractivity contribution in [3.63, 3.8) is 0 Å². The number of aliphatic imine (C=N–C) groups is 1. The largest absolute Gasteiger partial charge is 0.357 e. The zero-order valence-electron chi connectivity index (χ0n) is 16.4. The number of nitrogens with zero attached hydrogens (tertiary/aromatic N) is 4. The normalized spacial score (nSPS) is 15.6. The van der Waals surface area contributed by atoms with Crippen LogP contribution in [-0.4, -0.2) is 55.6 Å². The molecule has 0 aliphatic carbocycles. The van der Waals surface area contributed by atoms with Crippen LogP contribution in [0.1, 0.15) is 18.1 Å². The molecule has 0 atom stereocenters. The van der Waals surface area contributed by atoms with Gasteiger partial charge in [0.1, 0.15) is 5.82 Å². The Morgan fingerprint density at radius 2 is 1.81 bits per heavy atom. The summed E-state index contributed by atoms with van der Waals surface area (Å²) in [6.07, 6.45) is 1.89. The van der Waals surface area contributed by atoms with Gasteiger partial charge >= 0.3 is 0 Å². The molecule has 1 fully saturated rings. The van der Waals surface area contributed by atoms with E-state index in [0.29, 0.717) is 6.54 Å². The molecule has 0 radical (unpaired) electrons. The average molecular weight is 367 g/mol. The highest BCUT2D eigenvalue weighted by Gasteiger charge is 2.15. The van der Waals surface area contributed by atoms with Gasteiger partial charge in [-0.15, -0.1) is 0 Å². The van der Waals surface area contributed by atoms with E-state index in [1.54, 1.807) is 0 Å². The summed E-state index contributed by atoms with van der Waals surface area (Å²) in [6, 6.07) is 14.6. The van der Waals surface area contributed by atoms with Crippen LogP contribution in [0.2, 0.25) is 0 Å². The van der Waals surface area contributed by atoms with Crippen molar-refractivity contribution in [3.8, 4) is 0 Å². The molecule has 27 heavy (non-hydrogen) atoms. The quantitative estimate of drug-likeness (QED) is 0.606. The number of aromatic nitrogens is 1. The first kappa shape index (κ1) is 19.2. The van der Waals surface area contributed by atoms with Crippen LogP contribution < -0.4 is 15.5 Å². The first-order chi connectivity index (χ1) is 13.2. The van der Waals surface area contributed by atoms with Crippen LogP contribution >= 0.6 is 0 Å². The number of nitrogens with one attached hydrogen (secondary N) is 2. The fourth-order valence-electron chi connectivity index (χ4n) is 3.06. The molecular formula is C21H30N6. The van der Waals surface area contributed by atoms with E-state index in [1.807, 2.05) is 18.3 Å². The second kappa shape index (κ2) is 9.92. The zero-order valence-corrected chi connectivity index (χ0v) is 16.4. The van der Waals surface area contributed by atoms with Crippen molar-refractivity contribution in [1.29, 1.82) is 0 Å². The Morgan fingerprint density at radius 1 is 1.04 bits per heavy atom. The summed E-state index contributed by atoms with van der Waals surface area (Å²) in [5.74, 6) is 1.89. The van der Waals surface area contributed by atoms with Crippen LogP contribution in [-0.2, 0) is 13.1 Å². The fourth-order valence-corrected chi connectivity index (χ4v) is 3.06. The fraction of sp³-hybridized carbons (Fsp3) is 0.429. The molecule has 1 saturated heterocycles. The number of rotatable bonds is 6. The van der Waals surface area contributed by atoms with Crippen molar-refractivity contribution in [2.75, 3.05) is 44.7 Å². The van der Waals surface area contributed by atoms with Crippen molar-refractivity contribution in [1.82, 2.24) is 20.5 Å². The number of benzene rings is 1. The SMILES string of the molecule is CCNC(=NCc1ccnc(N2CCN(C)CC2)c1)NCc1ccccc1. The number of guanidine groups is 1. The minimum absolute atomic E-state index is 0.632. The Hall–Kier alpha value is -2.60. The van der Waals surface area contributed by atoms with Gasteiger partial charge in [0, 0.05) is 45.5 Å². The lowest BCUT2D eigenvalue weighted by Gasteiger charge is -2.33. The van der Waals surface area contributed by atoms with Gasteiger partial charge in [0.2, 0.25) is 0 Å². The maximum atomic E-state index is 4.74. The van der Waals surface area contributed by atoms with Crippen LogP contribution in [0.3, 0.4) is 0 Å². The van der Waals surface area contributed by atoms with Crippen LogP contribution in [0.4, 0.5) is 5.82 Å². The summed E-state index contributed by atoms with van der Waals surface area (Å²) in [4.78, 5) is 14.0. The monoisotopic (exact) mass is 366 g/mol. The van der Waals surface area contributed by atoms with Gasteiger partial charge in [-0.1, -0.05) is 30.3 Å². The molecule has 1 aromatic carbocycles. The van der Waals surface area contributed by atoms with E-state index in [0.717, 1.165) is 51.0 Å². The third-order valence-corrected chi connectivity index (χ3v) is 4.70. The predicted molar refractivity (Wildman–Crippen MR) is 112 cm³/mol. The van der Waals surface area contributed by atoms with Gasteiger partial charge in [0.15, 0.2) is 5.96 Å². The molecule has 0 saturated carbocycles. The molecule has 3 rings (SSSR count). The van der Waals surface area contributed by atoms with Gasteiger partial charge in [-0.25, -0.2) is 9.98 Å². The van der Waals surface area contributed by atoms with Crippen molar-refractivity contribution in [2.45, 2.75) is 20.0 Å². The Balaban J connectivity index is 1.60. The molecule has 2 aromatic rings. The summed E-state index contributed by atoms with van der Waals surface area (Å²) in [6.45, 7) is 8.52. The topological polar surface area (TPSA) is 55.8 Å². The number of hydrogen-bond donors (Lipinski definition) is 2. The number of anilines is 1. The van der Waals surface area contributed by atoms with Gasteiger partial charge in [0.25, 0.3) is 0 Å². The van der Waals surface area contributed by atoms with E-state index in [4.69, 9.17) is 4.99 Å². The minimum Gasteiger partial charge on any atom is -0.357 e. The summed E-state index contributed by atoms with van der Waals surface area (Å²) in [5.41, 5.74) is 2.42. The Morgan fingerprint density at radius 3 is 2.56 bits per heavy atom. The summed E-state index contributed by atoms with van der Waals surface area (Å²) >= 11 is 0. The lowest BCUT2D eigenvalue weighted by molar-refractivity contribution is 0.312. The van der Waals surface area contributed by atoms with Crippen LogP contribution in [0.25, 0.3) is 0 Å². The second-order valence-electron chi connectivity index (χ2n) is 6.85. The van der Waals surface area contributed by atoms with E-state index in [2.05, 4.69) is 69.7 Å². The van der Waals surface area contributed by atoms with Gasteiger partial charge in [-0.05, 0) is 37.2 Å². The number of pyridine rings is 1. The third-order valence-electron chi connectivity index (χ3n) is 4.70. The molecule has 2 heterocycles. The van der Waals surface area contributed by atoms with E-state index < -0.39 is 0 Å². The van der Waals surface area contributed by atoms with Crippen molar-refractivity contribution in [3.05, 3.63) is 59.8 Å². The van der Waals surface area contributed by atoms with Gasteiger partial charge < -0.3 is 20.4 Å². The molecule has 1 aliphatic heterocycles. The molecule has 6 heteroatoms. The molecular weight excluding hydrogens is 336 g/mol. The molecule has 1 aliphatic rings. The Kier molecular flexibility index (Phi) is 7.04. The van der Waals surface area contributed by atoms with E-state index >= 15 is 0 Å². The first-order valence-electron chi connectivity index (χ1n) is 9.69. The van der Waals surface area contributed by atoms with Crippen LogP contribution in [0, 0.1) is 0 Å². The maximum absolute atomic E-state index is 4.74. The lowest BCUT2D eigenvalue weighted by Crippen LogP contribution is -2.44. The summed E-state index contributed by atoms with van der Waals surface area (Å²) in [7, 11) is 2.17. The van der Waals surface area contributed by atoms with Gasteiger partial charge in [-0.3, -0.25) is 0 Å². The molecule has 2 N–H and O–H groups in total. The van der Waals surface area contributed by atoms with Crippen molar-refractivity contribution in [2.24, 2.45) is 4.99 Å². The van der Waals surface area contributed by atoms with E-state index in [9.17, 15) is 0 Å². The number of hydrogen-bond acceptors (Lipinski definition) is 4. The third kappa shape index (κ3) is 5.96. The van der Waals surface area contributed by atoms with Crippen molar-refractivity contribution < 1.29 is 0 Å². The standard InChI is InChI=1S/C21H30N6/c1-3-22-21(24-16-18-7-5-4-6-8-18)25-17-19-9-10-23-20(15-19)27-13-11-26(2)12-14-27/h4-10,15H,3,11-14,16-17H2,1-2H3,(H2,22,24,25). The smallest absolute Gasteiger partial charge is 0.191 e. The van der Waals surface area contributed by atoms with Gasteiger partial charge in [0.05, 0.1) is 6.54 Å². The predicted octanol–water partition coefficient (Wildman–Crippen LogP) is 2.09. The average Bonchev–Trinajstić information content (AvgIpc) is 2.71. The molecule has 144 valence electrons. The van der Waals surface area contributed by atoms with Crippen LogP contribution in [0.15, 0.2) is 53.7 Å². The highest BCUT2D eigenvalue weighted by Crippen LogP contribution is 2.15. The number of likely N-dealkylation sites (N-methyl/N-ethyl adjacent to an activating group) is 1. The maximum Gasteiger partial charge on any atom is 0.191 e. The summed E-state index contributed by atoms with van der Waals surface area (Å²) < 4.78 is 0. The molecule has 0 bridgehead atoms. The minimum atomic E-state index is 0.632. The highest BCUT2D eigenvalue weighted by molar-refractivity contribution is 5.79. The lowest BCUT2D eigenvalue weighted by atomic mass is 10.2. The zero-order chi connectivity index (χ0) is 18.9. The number of piperazine rings is 1. The molecule has 1 aromatic heterocycles. The summed E-state index contributed by atoms with van der Waals surface area (Å²) in [5, 5.41) is 6.71. The van der Waals surface area contributed by atoms with E-state index in [1.165, 1.54) is 11.1 Å². The second-order valence-corrected chi connectivity index (χ2v) is 6.85. The van der Waals surface area contributed by atoms with E-state index in [-0.39, 0.29) is 0 Å². The van der Waals surface area contributed by atoms with Gasteiger partial charge in [-0.2, -0.15) is 0 Å². The highest BCUT2D eigenvalue weighted by atomic mass is 15.3. The Labute approximate surface area is 162 Å². The van der Waals surface area contributed by atoms with Crippen LogP contribution in [0.5, 0.6) is 0 Å². The molecule has 6 nitrogen and oxygen atoms in total. The Bertz CT molecular complexity index is 722.